The molecule has 3 aromatic rings. The fraction of sp³-hybridized carbons (Fsp3) is 0.476. The van der Waals surface area contributed by atoms with E-state index in [0.717, 1.165) is 25.9 Å². The molecule has 176 valence electrons. The van der Waals surface area contributed by atoms with Gasteiger partial charge in [-0.2, -0.15) is 9.97 Å². The summed E-state index contributed by atoms with van der Waals surface area (Å²) in [5.74, 6) is 0.463. The average molecular weight is 493 g/mol. The number of benzene rings is 1. The summed E-state index contributed by atoms with van der Waals surface area (Å²) >= 11 is 8.10. The van der Waals surface area contributed by atoms with Crippen LogP contribution in [0.5, 0.6) is 0 Å². The van der Waals surface area contributed by atoms with Gasteiger partial charge in [-0.3, -0.25) is 4.57 Å². The first-order valence-corrected chi connectivity index (χ1v) is 12.0. The maximum Gasteiger partial charge on any atom is 0.226 e. The van der Waals surface area contributed by atoms with Crippen molar-refractivity contribution in [1.82, 2.24) is 24.5 Å². The largest absolute Gasteiger partial charge is 0.394 e. The molecule has 0 aliphatic carbocycles. The second-order valence-electron chi connectivity index (χ2n) is 8.12. The molecule has 5 rings (SSSR count). The number of aliphatic hydroxyl groups excluding tert-OH is 3. The summed E-state index contributed by atoms with van der Waals surface area (Å²) in [7, 11) is 0. The Morgan fingerprint density at radius 2 is 1.88 bits per heavy atom. The van der Waals surface area contributed by atoms with Crippen molar-refractivity contribution in [2.45, 2.75) is 47.5 Å². The van der Waals surface area contributed by atoms with E-state index in [-0.39, 0.29) is 5.28 Å². The van der Waals surface area contributed by atoms with Crippen LogP contribution in [0.1, 0.15) is 19.1 Å². The molecule has 0 bridgehead atoms. The van der Waals surface area contributed by atoms with Gasteiger partial charge >= 0.3 is 0 Å². The topological polar surface area (TPSA) is 129 Å². The lowest BCUT2D eigenvalue weighted by Gasteiger charge is -2.32. The smallest absolute Gasteiger partial charge is 0.226 e. The van der Waals surface area contributed by atoms with Crippen LogP contribution in [0.2, 0.25) is 5.28 Å². The summed E-state index contributed by atoms with van der Waals surface area (Å²) < 4.78 is 7.11. The first kappa shape index (κ1) is 22.8. The van der Waals surface area contributed by atoms with Crippen LogP contribution in [0, 0.1) is 0 Å². The van der Waals surface area contributed by atoms with Crippen molar-refractivity contribution in [2.75, 3.05) is 25.1 Å². The highest BCUT2D eigenvalue weighted by Gasteiger charge is 2.44. The Morgan fingerprint density at radius 1 is 1.12 bits per heavy atom. The molecule has 2 saturated heterocycles. The number of aromatic nitrogens is 4. The Bertz CT molecular complexity index is 1100. The molecule has 4 N–H and O–H groups in total. The molecule has 2 fully saturated rings. The van der Waals surface area contributed by atoms with Crippen LogP contribution in [0.4, 0.5) is 5.82 Å². The maximum absolute atomic E-state index is 10.4. The third-order valence-electron chi connectivity index (χ3n) is 5.94. The van der Waals surface area contributed by atoms with Gasteiger partial charge in [-0.1, -0.05) is 18.2 Å². The second-order valence-corrected chi connectivity index (χ2v) is 9.84. The molecule has 0 amide bonds. The van der Waals surface area contributed by atoms with Crippen molar-refractivity contribution in [1.29, 1.82) is 0 Å². The number of thioether (sulfide) groups is 1. The molecule has 2 aromatic heterocycles. The quantitative estimate of drug-likeness (QED) is 0.377. The number of ether oxygens (including phenoxy) is 1. The Kier molecular flexibility index (Phi) is 6.70. The molecule has 4 atom stereocenters. The number of fused-ring (bicyclic) bond motifs is 1. The summed E-state index contributed by atoms with van der Waals surface area (Å²) in [5.41, 5.74) is 4.15. The van der Waals surface area contributed by atoms with Crippen molar-refractivity contribution < 1.29 is 20.1 Å². The predicted octanol–water partition coefficient (Wildman–Crippen LogP) is 1.67. The van der Waals surface area contributed by atoms with Crippen molar-refractivity contribution >= 4 is 40.3 Å². The van der Waals surface area contributed by atoms with E-state index in [9.17, 15) is 15.3 Å². The number of piperidine rings is 1. The van der Waals surface area contributed by atoms with Gasteiger partial charge in [0.25, 0.3) is 0 Å². The fourth-order valence-corrected chi connectivity index (χ4v) is 5.50. The first-order valence-electron chi connectivity index (χ1n) is 10.8. The van der Waals surface area contributed by atoms with Gasteiger partial charge in [0.05, 0.1) is 12.9 Å². The van der Waals surface area contributed by atoms with E-state index >= 15 is 0 Å². The highest BCUT2D eigenvalue weighted by atomic mass is 35.5. The van der Waals surface area contributed by atoms with E-state index in [4.69, 9.17) is 16.3 Å². The number of nitrogens with zero attached hydrogens (tertiary/aromatic N) is 5. The minimum atomic E-state index is -1.24. The highest BCUT2D eigenvalue weighted by molar-refractivity contribution is 8.00. The molecule has 0 spiro atoms. The van der Waals surface area contributed by atoms with Gasteiger partial charge in [-0.15, -0.1) is 11.8 Å². The lowest BCUT2D eigenvalue weighted by atomic mass is 10.1. The lowest BCUT2D eigenvalue weighted by molar-refractivity contribution is -0.0511. The number of aliphatic hydroxyl groups is 3. The number of hydrogen-bond acceptors (Lipinski definition) is 10. The average Bonchev–Trinajstić information content (AvgIpc) is 3.36. The van der Waals surface area contributed by atoms with E-state index in [0.29, 0.717) is 22.2 Å². The zero-order valence-corrected chi connectivity index (χ0v) is 19.2. The standard InChI is InChI=1S/C21H25ClN6O4S/c22-21-24-18(26-27-8-6-13(7-9-27)33-12-4-2-1-3-5-12)15-19(25-21)28(11-23-15)20-17(31)16(30)14(10-29)32-20/h1-5,11,13-14,16-17,20,29-31H,6-10H2,(H,24,25,26)/t14-,16-,17-,20-/m1/s1. The van der Waals surface area contributed by atoms with E-state index in [1.165, 1.54) is 15.8 Å². The fourth-order valence-electron chi connectivity index (χ4n) is 4.19. The number of hydrogen-bond donors (Lipinski definition) is 4. The number of hydrazine groups is 1. The summed E-state index contributed by atoms with van der Waals surface area (Å²) in [6, 6.07) is 10.4. The van der Waals surface area contributed by atoms with E-state index in [2.05, 4.69) is 49.7 Å². The molecule has 12 heteroatoms. The molecule has 0 radical (unpaired) electrons. The van der Waals surface area contributed by atoms with Gasteiger partial charge in [-0.25, -0.2) is 9.99 Å². The number of rotatable bonds is 6. The van der Waals surface area contributed by atoms with Crippen LogP contribution in [0.3, 0.4) is 0 Å². The van der Waals surface area contributed by atoms with E-state index < -0.39 is 31.1 Å². The van der Waals surface area contributed by atoms with Crippen LogP contribution in [0.15, 0.2) is 41.6 Å². The second kappa shape index (κ2) is 9.71. The van der Waals surface area contributed by atoms with Gasteiger partial charge in [-0.05, 0) is 36.6 Å². The third-order valence-corrected chi connectivity index (χ3v) is 7.46. The van der Waals surface area contributed by atoms with Crippen LogP contribution < -0.4 is 5.43 Å². The van der Waals surface area contributed by atoms with Crippen LogP contribution in [-0.2, 0) is 4.74 Å². The zero-order valence-electron chi connectivity index (χ0n) is 17.7. The molecule has 1 aromatic carbocycles. The Morgan fingerprint density at radius 3 is 2.58 bits per heavy atom. The molecule has 10 nitrogen and oxygen atoms in total. The molecular weight excluding hydrogens is 468 g/mol. The molecule has 33 heavy (non-hydrogen) atoms. The van der Waals surface area contributed by atoms with Gasteiger partial charge in [0.2, 0.25) is 5.28 Å². The maximum atomic E-state index is 10.4. The SMILES string of the molecule is OC[C@H]1O[C@@H](n2cnc3c(NN4CCC(Sc5ccccc5)CC4)nc(Cl)nc32)[C@H](O)[C@@H]1O. The Labute approximate surface area is 199 Å². The number of nitrogens with one attached hydrogen (secondary N) is 1. The van der Waals surface area contributed by atoms with Crippen molar-refractivity contribution in [3.05, 3.63) is 41.9 Å². The van der Waals surface area contributed by atoms with E-state index in [1.54, 1.807) is 0 Å². The van der Waals surface area contributed by atoms with Gasteiger partial charge in [0.15, 0.2) is 23.2 Å². The highest BCUT2D eigenvalue weighted by Crippen LogP contribution is 2.34. The van der Waals surface area contributed by atoms with Crippen molar-refractivity contribution in [3.63, 3.8) is 0 Å². The predicted molar refractivity (Wildman–Crippen MR) is 124 cm³/mol. The number of halogens is 1. The third kappa shape index (κ3) is 4.67. The summed E-state index contributed by atoms with van der Waals surface area (Å²) in [4.78, 5) is 14.3. The number of imidazole rings is 1. The van der Waals surface area contributed by atoms with Gasteiger partial charge in [0, 0.05) is 23.2 Å². The molecule has 4 heterocycles. The summed E-state index contributed by atoms with van der Waals surface area (Å²) in [6.07, 6.45) is -0.812. The minimum absolute atomic E-state index is 0.0213. The van der Waals surface area contributed by atoms with Crippen LogP contribution >= 0.6 is 23.4 Å². The van der Waals surface area contributed by atoms with Gasteiger partial charge < -0.3 is 25.5 Å². The van der Waals surface area contributed by atoms with Crippen LogP contribution in [0.25, 0.3) is 11.2 Å². The Hall–Kier alpha value is -1.99. The van der Waals surface area contributed by atoms with Crippen LogP contribution in [-0.4, -0.2) is 83.1 Å². The molecular formula is C21H25ClN6O4S. The molecule has 0 unspecified atom stereocenters. The van der Waals surface area contributed by atoms with Crippen molar-refractivity contribution in [3.8, 4) is 0 Å². The van der Waals surface area contributed by atoms with Crippen molar-refractivity contribution in [2.24, 2.45) is 0 Å². The lowest BCUT2D eigenvalue weighted by Crippen LogP contribution is -2.39. The molecule has 2 aliphatic rings. The normalized spacial score (nSPS) is 26.8. The zero-order chi connectivity index (χ0) is 22.9. The minimum Gasteiger partial charge on any atom is -0.394 e. The first-order chi connectivity index (χ1) is 16.0. The summed E-state index contributed by atoms with van der Waals surface area (Å²) in [6.45, 7) is 1.26. The summed E-state index contributed by atoms with van der Waals surface area (Å²) in [5, 5.41) is 32.5. The monoisotopic (exact) mass is 492 g/mol. The molecule has 0 saturated carbocycles. The van der Waals surface area contributed by atoms with E-state index in [1.807, 2.05) is 17.8 Å². The molecule has 2 aliphatic heterocycles. The van der Waals surface area contributed by atoms with Gasteiger partial charge in [0.1, 0.15) is 18.3 Å². The number of anilines is 1. The Balaban J connectivity index is 1.30.